The van der Waals surface area contributed by atoms with Crippen molar-refractivity contribution in [1.82, 2.24) is 9.27 Å². The standard InChI is InChI=1S/C19H19ClN3S/c20-16-5-3-4-15(14-16)8-9-22-10-12-23(13-11-22)19-17-6-1-2-7-18(17)24-21-19/h1-2,4-7,14H,8-13H2. The van der Waals surface area contributed by atoms with Crippen LogP contribution in [0.3, 0.4) is 0 Å². The molecule has 1 aromatic heterocycles. The fourth-order valence-electron chi connectivity index (χ4n) is 3.20. The maximum atomic E-state index is 6.03. The molecule has 0 N–H and O–H groups in total. The lowest BCUT2D eigenvalue weighted by molar-refractivity contribution is 0.261. The Hall–Kier alpha value is -1.62. The van der Waals surface area contributed by atoms with Gasteiger partial charge in [-0.1, -0.05) is 29.8 Å². The van der Waals surface area contributed by atoms with Gasteiger partial charge < -0.3 is 4.90 Å². The summed E-state index contributed by atoms with van der Waals surface area (Å²) in [5.41, 5.74) is 1.26. The summed E-state index contributed by atoms with van der Waals surface area (Å²) in [6, 6.07) is 17.5. The first kappa shape index (κ1) is 15.9. The van der Waals surface area contributed by atoms with Crippen LogP contribution in [0.4, 0.5) is 5.82 Å². The lowest BCUT2D eigenvalue weighted by atomic mass is 10.1. The maximum Gasteiger partial charge on any atom is 0.150 e. The second kappa shape index (κ2) is 7.09. The number of rotatable bonds is 4. The highest BCUT2D eigenvalue weighted by Crippen LogP contribution is 2.29. The van der Waals surface area contributed by atoms with Crippen molar-refractivity contribution in [3.63, 3.8) is 0 Å². The van der Waals surface area contributed by atoms with Crippen molar-refractivity contribution in [2.24, 2.45) is 0 Å². The van der Waals surface area contributed by atoms with Gasteiger partial charge in [-0.25, -0.2) is 0 Å². The third-order valence-electron chi connectivity index (χ3n) is 4.56. The zero-order valence-corrected chi connectivity index (χ0v) is 15.0. The summed E-state index contributed by atoms with van der Waals surface area (Å²) < 4.78 is 5.95. The molecule has 1 radical (unpaired) electrons. The molecule has 2 heterocycles. The molecule has 1 fully saturated rings. The summed E-state index contributed by atoms with van der Waals surface area (Å²) in [6.45, 7) is 5.30. The Balaban J connectivity index is 1.35. The van der Waals surface area contributed by atoms with Crippen LogP contribution in [0.1, 0.15) is 5.56 Å². The Morgan fingerprint density at radius 1 is 1.12 bits per heavy atom. The Morgan fingerprint density at radius 2 is 1.96 bits per heavy atom. The molecule has 0 unspecified atom stereocenters. The fraction of sp³-hybridized carbons (Fsp3) is 0.316. The van der Waals surface area contributed by atoms with Crippen LogP contribution in [0, 0.1) is 6.07 Å². The topological polar surface area (TPSA) is 19.4 Å². The van der Waals surface area contributed by atoms with Gasteiger partial charge in [0.05, 0.1) is 4.70 Å². The first-order chi connectivity index (χ1) is 11.8. The second-order valence-corrected chi connectivity index (χ2v) is 7.38. The third-order valence-corrected chi connectivity index (χ3v) is 5.60. The van der Waals surface area contributed by atoms with E-state index in [1.165, 1.54) is 15.6 Å². The van der Waals surface area contributed by atoms with Crippen molar-refractivity contribution in [2.75, 3.05) is 37.6 Å². The zero-order valence-electron chi connectivity index (χ0n) is 13.4. The van der Waals surface area contributed by atoms with Crippen LogP contribution in [0.2, 0.25) is 5.02 Å². The summed E-state index contributed by atoms with van der Waals surface area (Å²) >= 11 is 7.63. The van der Waals surface area contributed by atoms with Crippen LogP contribution in [0.5, 0.6) is 0 Å². The van der Waals surface area contributed by atoms with E-state index in [9.17, 15) is 0 Å². The summed E-state index contributed by atoms with van der Waals surface area (Å²) in [4.78, 5) is 4.94. The molecule has 0 atom stereocenters. The molecule has 0 aliphatic carbocycles. The average Bonchev–Trinajstić information content (AvgIpc) is 3.05. The van der Waals surface area contributed by atoms with Gasteiger partial charge in [0, 0.05) is 43.1 Å². The largest absolute Gasteiger partial charge is 0.353 e. The van der Waals surface area contributed by atoms with Gasteiger partial charge in [-0.2, -0.15) is 4.37 Å². The molecule has 4 rings (SSSR count). The van der Waals surface area contributed by atoms with Crippen molar-refractivity contribution >= 4 is 39.0 Å². The summed E-state index contributed by atoms with van der Waals surface area (Å²) in [5, 5.41) is 2.05. The van der Waals surface area contributed by atoms with Crippen molar-refractivity contribution in [3.05, 3.63) is 59.1 Å². The molecule has 0 saturated carbocycles. The van der Waals surface area contributed by atoms with E-state index in [1.807, 2.05) is 18.2 Å². The summed E-state index contributed by atoms with van der Waals surface area (Å²) in [5.74, 6) is 1.15. The minimum atomic E-state index is 0.771. The number of fused-ring (bicyclic) bond motifs is 1. The number of aromatic nitrogens is 1. The Kier molecular flexibility index (Phi) is 4.69. The number of nitrogens with zero attached hydrogens (tertiary/aromatic N) is 3. The maximum absolute atomic E-state index is 6.03. The zero-order chi connectivity index (χ0) is 16.4. The minimum absolute atomic E-state index is 0.771. The third kappa shape index (κ3) is 3.41. The highest BCUT2D eigenvalue weighted by atomic mass is 35.5. The lowest BCUT2D eigenvalue weighted by Crippen LogP contribution is -2.47. The molecule has 1 aliphatic rings. The van der Waals surface area contributed by atoms with Crippen molar-refractivity contribution in [1.29, 1.82) is 0 Å². The Morgan fingerprint density at radius 3 is 2.79 bits per heavy atom. The van der Waals surface area contributed by atoms with E-state index in [-0.39, 0.29) is 0 Å². The van der Waals surface area contributed by atoms with E-state index >= 15 is 0 Å². The van der Waals surface area contributed by atoms with Gasteiger partial charge in [0.2, 0.25) is 0 Å². The van der Waals surface area contributed by atoms with Crippen LogP contribution < -0.4 is 4.90 Å². The molecule has 24 heavy (non-hydrogen) atoms. The van der Waals surface area contributed by atoms with Crippen LogP contribution >= 0.6 is 23.1 Å². The molecule has 0 spiro atoms. The van der Waals surface area contributed by atoms with Crippen LogP contribution in [-0.2, 0) is 6.42 Å². The quantitative estimate of drug-likeness (QED) is 0.701. The molecule has 5 heteroatoms. The van der Waals surface area contributed by atoms with Gasteiger partial charge in [0.15, 0.2) is 0 Å². The minimum Gasteiger partial charge on any atom is -0.353 e. The number of hydrogen-bond acceptors (Lipinski definition) is 4. The number of benzene rings is 2. The van der Waals surface area contributed by atoms with Crippen molar-refractivity contribution in [2.45, 2.75) is 6.42 Å². The number of hydrogen-bond donors (Lipinski definition) is 0. The summed E-state index contributed by atoms with van der Waals surface area (Å²) in [6.07, 6.45) is 1.02. The molecule has 123 valence electrons. The van der Waals surface area contributed by atoms with Gasteiger partial charge >= 0.3 is 0 Å². The molecular weight excluding hydrogens is 338 g/mol. The first-order valence-electron chi connectivity index (χ1n) is 8.27. The van der Waals surface area contributed by atoms with E-state index < -0.39 is 0 Å². The molecule has 3 aromatic rings. The van der Waals surface area contributed by atoms with Crippen molar-refractivity contribution in [3.8, 4) is 0 Å². The number of piperazine rings is 1. The van der Waals surface area contributed by atoms with E-state index in [2.05, 4.69) is 44.5 Å². The lowest BCUT2D eigenvalue weighted by Gasteiger charge is -2.35. The number of anilines is 1. The molecule has 2 aromatic carbocycles. The smallest absolute Gasteiger partial charge is 0.150 e. The molecule has 0 bridgehead atoms. The van der Waals surface area contributed by atoms with Crippen LogP contribution in [0.25, 0.3) is 10.1 Å². The molecule has 0 amide bonds. The highest BCUT2D eigenvalue weighted by molar-refractivity contribution is 7.13. The van der Waals surface area contributed by atoms with Gasteiger partial charge in [-0.15, -0.1) is 0 Å². The monoisotopic (exact) mass is 356 g/mol. The van der Waals surface area contributed by atoms with E-state index in [4.69, 9.17) is 11.6 Å². The Bertz CT molecular complexity index is 824. The van der Waals surface area contributed by atoms with E-state index in [0.29, 0.717) is 0 Å². The predicted octanol–water partition coefficient (Wildman–Crippen LogP) is 4.11. The van der Waals surface area contributed by atoms with Gasteiger partial charge in [-0.05, 0) is 53.8 Å². The molecule has 1 aliphatic heterocycles. The second-order valence-electron chi connectivity index (χ2n) is 6.14. The van der Waals surface area contributed by atoms with Crippen LogP contribution in [-0.4, -0.2) is 42.0 Å². The number of halogens is 1. The Labute approximate surface area is 151 Å². The molecule has 1 saturated heterocycles. The molecule has 3 nitrogen and oxygen atoms in total. The fourth-order valence-corrected chi connectivity index (χ4v) is 4.20. The van der Waals surface area contributed by atoms with Gasteiger partial charge in [-0.3, -0.25) is 4.90 Å². The predicted molar refractivity (Wildman–Crippen MR) is 102 cm³/mol. The van der Waals surface area contributed by atoms with Gasteiger partial charge in [0.25, 0.3) is 0 Å². The van der Waals surface area contributed by atoms with E-state index in [0.717, 1.165) is 50.0 Å². The van der Waals surface area contributed by atoms with Crippen LogP contribution in [0.15, 0.2) is 42.5 Å². The SMILES string of the molecule is Clc1c[c]cc(CCN2CCN(c3nsc4ccccc34)CC2)c1. The molecular formula is C19H19ClN3S. The summed E-state index contributed by atoms with van der Waals surface area (Å²) in [7, 11) is 0. The van der Waals surface area contributed by atoms with Crippen molar-refractivity contribution < 1.29 is 0 Å². The average molecular weight is 357 g/mol. The highest BCUT2D eigenvalue weighted by Gasteiger charge is 2.20. The normalized spacial score (nSPS) is 16.0. The van der Waals surface area contributed by atoms with Gasteiger partial charge in [0.1, 0.15) is 5.82 Å². The first-order valence-corrected chi connectivity index (χ1v) is 9.42. The van der Waals surface area contributed by atoms with E-state index in [1.54, 1.807) is 11.5 Å².